The third-order valence-electron chi connectivity index (χ3n) is 4.55. The maximum absolute atomic E-state index is 12.8. The molecular formula is C17H19N6NaO8S3. The van der Waals surface area contributed by atoms with Crippen LogP contribution in [0.15, 0.2) is 21.8 Å². The number of hydrogen-bond donors (Lipinski definition) is 3. The number of aromatic nitrogens is 1. The van der Waals surface area contributed by atoms with Gasteiger partial charge in [0.2, 0.25) is 5.91 Å². The zero-order chi connectivity index (χ0) is 25.2. The summed E-state index contributed by atoms with van der Waals surface area (Å²) in [6, 6.07) is -1.13. The number of anilines is 1. The number of fused-ring (bicyclic) bond motifs is 1. The van der Waals surface area contributed by atoms with E-state index in [0.717, 1.165) is 28.0 Å². The third-order valence-corrected chi connectivity index (χ3v) is 8.07. The number of nitrogens with one attached hydrogen (secondary N) is 1. The minimum atomic E-state index is -4.05. The van der Waals surface area contributed by atoms with Crippen molar-refractivity contribution in [3.05, 3.63) is 22.3 Å². The average molecular weight is 555 g/mol. The van der Waals surface area contributed by atoms with Gasteiger partial charge in [-0.3, -0.25) is 19.3 Å². The summed E-state index contributed by atoms with van der Waals surface area (Å²) in [5, 5.41) is 18.8. The number of nitrogens with zero attached hydrogens (tertiary/aromatic N) is 3. The van der Waals surface area contributed by atoms with Crippen LogP contribution in [0, 0.1) is 0 Å². The number of carboxylic acids is 1. The molecule has 0 radical (unpaired) electrons. The van der Waals surface area contributed by atoms with Gasteiger partial charge < -0.3 is 31.5 Å². The van der Waals surface area contributed by atoms with Crippen LogP contribution in [0.5, 0.6) is 0 Å². The number of sulfone groups is 1. The van der Waals surface area contributed by atoms with Crippen LogP contribution in [-0.2, 0) is 33.9 Å². The molecule has 1 aromatic rings. The van der Waals surface area contributed by atoms with Gasteiger partial charge in [-0.05, 0) is 12.5 Å². The van der Waals surface area contributed by atoms with Crippen LogP contribution < -0.4 is 51.4 Å². The SMILES string of the molecule is CCO/N=C(\C(=O)NC1C(=O)N2C(C(=O)[O-])=C(CS(=O)(=O)CC(N)=O)CS[C@H]12)c1csc(N)n1.[Na+]. The minimum absolute atomic E-state index is 0. The molecular weight excluding hydrogens is 535 g/mol. The Kier molecular flexibility index (Phi) is 9.71. The van der Waals surface area contributed by atoms with Gasteiger partial charge in [0.15, 0.2) is 20.7 Å². The largest absolute Gasteiger partial charge is 1.00 e. The number of thioether (sulfide) groups is 1. The fraction of sp³-hybridized carbons (Fsp3) is 0.412. The number of β-lactam (4-membered cyclic amide) rings is 1. The van der Waals surface area contributed by atoms with Crippen molar-refractivity contribution in [2.75, 3.05) is 29.6 Å². The van der Waals surface area contributed by atoms with Crippen LogP contribution in [-0.4, -0.2) is 83.0 Å². The van der Waals surface area contributed by atoms with Crippen molar-refractivity contribution >= 4 is 67.5 Å². The summed E-state index contributed by atoms with van der Waals surface area (Å²) in [5.74, 6) is -6.29. The van der Waals surface area contributed by atoms with Gasteiger partial charge in [0, 0.05) is 11.1 Å². The van der Waals surface area contributed by atoms with Gasteiger partial charge in [0.05, 0.1) is 17.4 Å². The van der Waals surface area contributed by atoms with Crippen molar-refractivity contribution in [3.8, 4) is 0 Å². The molecule has 2 atom stereocenters. The molecule has 1 fully saturated rings. The second-order valence-corrected chi connectivity index (χ2v) is 11.1. The van der Waals surface area contributed by atoms with Crippen molar-refractivity contribution in [1.82, 2.24) is 15.2 Å². The Bertz CT molecular complexity index is 1210. The quantitative estimate of drug-likeness (QED) is 0.107. The first-order valence-corrected chi connectivity index (χ1v) is 13.3. The average Bonchev–Trinajstić information content (AvgIpc) is 3.16. The van der Waals surface area contributed by atoms with Crippen LogP contribution in [0.4, 0.5) is 5.13 Å². The second kappa shape index (κ2) is 11.7. The van der Waals surface area contributed by atoms with Crippen LogP contribution in [0.25, 0.3) is 0 Å². The zero-order valence-electron chi connectivity index (χ0n) is 18.5. The smallest absolute Gasteiger partial charge is 0.543 e. The minimum Gasteiger partial charge on any atom is -0.543 e. The van der Waals surface area contributed by atoms with E-state index in [1.165, 1.54) is 5.38 Å². The van der Waals surface area contributed by atoms with Gasteiger partial charge in [0.1, 0.15) is 29.5 Å². The molecule has 3 rings (SSSR count). The molecule has 0 bridgehead atoms. The van der Waals surface area contributed by atoms with Gasteiger partial charge >= 0.3 is 29.6 Å². The number of carboxylic acid groups (broad SMARTS) is 1. The van der Waals surface area contributed by atoms with Crippen molar-refractivity contribution in [3.63, 3.8) is 0 Å². The van der Waals surface area contributed by atoms with Gasteiger partial charge in [-0.25, -0.2) is 13.4 Å². The standard InChI is InChI=1S/C17H20N6O8S3.Na/c1-2-31-22-10(8-4-33-17(19)20-8)13(25)21-11-14(26)23-12(16(27)28)7(3-32-15(11)23)5-34(29,30)6-9(18)24;/h4,11,15H,2-3,5-6H2,1H3,(H2,18,24)(H2,19,20)(H,21,25)(H,27,28);/q;+1/p-1/b22-10-;/t11?,15-;/m1./s1. The van der Waals surface area contributed by atoms with Gasteiger partial charge in [-0.2, -0.15) is 0 Å². The molecule has 1 aromatic heterocycles. The number of hydrogen-bond acceptors (Lipinski definition) is 13. The summed E-state index contributed by atoms with van der Waals surface area (Å²) in [4.78, 5) is 58.1. The normalized spacial score (nSPS) is 19.9. The molecule has 2 aliphatic heterocycles. The van der Waals surface area contributed by atoms with E-state index in [0.29, 0.717) is 0 Å². The number of carbonyl (C=O) groups excluding carboxylic acids is 4. The fourth-order valence-corrected chi connectivity index (χ4v) is 6.58. The van der Waals surface area contributed by atoms with Crippen LogP contribution in [0.3, 0.4) is 0 Å². The van der Waals surface area contributed by atoms with Crippen molar-refractivity contribution in [2.45, 2.75) is 18.3 Å². The van der Waals surface area contributed by atoms with E-state index in [2.05, 4.69) is 15.5 Å². The number of thiazole rings is 1. The maximum Gasteiger partial charge on any atom is 1.00 e. The molecule has 0 saturated carbocycles. The van der Waals surface area contributed by atoms with E-state index < -0.39 is 62.1 Å². The molecule has 14 nitrogen and oxygen atoms in total. The Morgan fingerprint density at radius 3 is 2.63 bits per heavy atom. The molecule has 2 aliphatic rings. The number of nitrogen functional groups attached to an aromatic ring is 1. The maximum atomic E-state index is 12.8. The number of amides is 3. The van der Waals surface area contributed by atoms with Gasteiger partial charge in [-0.15, -0.1) is 23.1 Å². The van der Waals surface area contributed by atoms with E-state index >= 15 is 0 Å². The summed E-state index contributed by atoms with van der Waals surface area (Å²) >= 11 is 2.11. The van der Waals surface area contributed by atoms with Gasteiger partial charge in [-0.1, -0.05) is 5.16 Å². The van der Waals surface area contributed by atoms with E-state index in [9.17, 15) is 32.7 Å². The molecule has 0 spiro atoms. The van der Waals surface area contributed by atoms with E-state index in [-0.39, 0.29) is 64.0 Å². The molecule has 5 N–H and O–H groups in total. The monoisotopic (exact) mass is 554 g/mol. The third kappa shape index (κ3) is 6.53. The molecule has 0 aliphatic carbocycles. The Balaban J connectivity index is 0.00000432. The first kappa shape index (κ1) is 29.1. The van der Waals surface area contributed by atoms with Crippen molar-refractivity contribution < 1.29 is 67.1 Å². The molecule has 1 saturated heterocycles. The van der Waals surface area contributed by atoms with Crippen LogP contribution >= 0.6 is 23.1 Å². The second-order valence-electron chi connectivity index (χ2n) is 7.03. The van der Waals surface area contributed by atoms with Crippen LogP contribution in [0.2, 0.25) is 0 Å². The number of carbonyl (C=O) groups is 4. The summed E-state index contributed by atoms with van der Waals surface area (Å²) in [6.45, 7) is 1.81. The van der Waals surface area contributed by atoms with Crippen molar-refractivity contribution in [1.29, 1.82) is 0 Å². The zero-order valence-corrected chi connectivity index (χ0v) is 23.0. The molecule has 3 heterocycles. The molecule has 0 aromatic carbocycles. The molecule has 184 valence electrons. The molecule has 18 heteroatoms. The predicted molar refractivity (Wildman–Crippen MR) is 120 cm³/mol. The first-order chi connectivity index (χ1) is 15.9. The molecule has 35 heavy (non-hydrogen) atoms. The number of rotatable bonds is 10. The summed E-state index contributed by atoms with van der Waals surface area (Å²) in [7, 11) is -4.05. The molecule has 3 amide bonds. The van der Waals surface area contributed by atoms with E-state index in [1.807, 2.05) is 0 Å². The Labute approximate surface area is 229 Å². The number of oxime groups is 1. The number of aliphatic carboxylic acids is 1. The summed E-state index contributed by atoms with van der Waals surface area (Å²) < 4.78 is 24.2. The Morgan fingerprint density at radius 1 is 1.40 bits per heavy atom. The predicted octanol–water partition coefficient (Wildman–Crippen LogP) is -6.23. The topological polar surface area (TPSA) is 227 Å². The number of nitrogens with two attached hydrogens (primary N) is 2. The summed E-state index contributed by atoms with van der Waals surface area (Å²) in [5.41, 5.74) is 9.70. The van der Waals surface area contributed by atoms with E-state index in [1.54, 1.807) is 6.92 Å². The Morgan fingerprint density at radius 2 is 2.09 bits per heavy atom. The van der Waals surface area contributed by atoms with E-state index in [4.69, 9.17) is 16.3 Å². The number of primary amides is 1. The van der Waals surface area contributed by atoms with Gasteiger partial charge in [0.25, 0.3) is 11.8 Å². The first-order valence-electron chi connectivity index (χ1n) is 9.54. The molecule has 1 unspecified atom stereocenters. The fourth-order valence-electron chi connectivity index (χ4n) is 3.26. The Hall–Kier alpha value is -2.18. The summed E-state index contributed by atoms with van der Waals surface area (Å²) in [6.07, 6.45) is 0. The van der Waals surface area contributed by atoms with Crippen molar-refractivity contribution in [2.24, 2.45) is 10.9 Å². The van der Waals surface area contributed by atoms with Crippen LogP contribution in [0.1, 0.15) is 12.6 Å².